The van der Waals surface area contributed by atoms with Crippen LogP contribution in [0.25, 0.3) is 22.2 Å². The number of carbonyl (C=O) groups excluding carboxylic acids is 1. The molecule has 37 heavy (non-hydrogen) atoms. The molecule has 0 bridgehead atoms. The maximum absolute atomic E-state index is 13.4. The van der Waals surface area contributed by atoms with Gasteiger partial charge in [-0.3, -0.25) is 4.79 Å². The van der Waals surface area contributed by atoms with Crippen molar-refractivity contribution in [1.29, 1.82) is 0 Å². The highest BCUT2D eigenvalue weighted by Gasteiger charge is 2.23. The summed E-state index contributed by atoms with van der Waals surface area (Å²) >= 11 is 0. The number of hydrogen-bond donors (Lipinski definition) is 2. The SMILES string of the molecule is COc1ccc(CCNC(=O)c2c(N)n(CCc3ccccc3)c3nc4ccccc4nc23)cc1OC. The Morgan fingerprint density at radius 2 is 1.57 bits per heavy atom. The van der Waals surface area contributed by atoms with Crippen LogP contribution in [0.15, 0.2) is 72.8 Å². The number of hydrogen-bond acceptors (Lipinski definition) is 6. The number of nitrogens with one attached hydrogen (secondary N) is 1. The fourth-order valence-corrected chi connectivity index (χ4v) is 4.50. The number of nitrogens with zero attached hydrogens (tertiary/aromatic N) is 3. The molecule has 0 aliphatic carbocycles. The fraction of sp³-hybridized carbons (Fsp3) is 0.207. The summed E-state index contributed by atoms with van der Waals surface area (Å²) in [6.45, 7) is 1.00. The van der Waals surface area contributed by atoms with Gasteiger partial charge in [0, 0.05) is 13.1 Å². The molecular weight excluding hydrogens is 466 g/mol. The van der Waals surface area contributed by atoms with Crippen LogP contribution in [0.5, 0.6) is 11.5 Å². The lowest BCUT2D eigenvalue weighted by molar-refractivity contribution is 0.0956. The normalized spacial score (nSPS) is 11.1. The number of carbonyl (C=O) groups is 1. The standard InChI is InChI=1S/C29H29N5O3/c1-36-23-13-12-20(18-24(23)37-2)14-16-31-29(35)25-26-28(33-22-11-7-6-10-21(22)32-26)34(27(25)30)17-15-19-8-4-3-5-9-19/h3-13,18H,14-17,30H2,1-2H3,(H,31,35). The number of fused-ring (bicyclic) bond motifs is 2. The molecule has 3 aromatic carbocycles. The van der Waals surface area contributed by atoms with Gasteiger partial charge in [0.1, 0.15) is 16.9 Å². The highest BCUT2D eigenvalue weighted by molar-refractivity contribution is 6.10. The van der Waals surface area contributed by atoms with E-state index in [1.54, 1.807) is 14.2 Å². The van der Waals surface area contributed by atoms with Crippen molar-refractivity contribution < 1.29 is 14.3 Å². The van der Waals surface area contributed by atoms with E-state index >= 15 is 0 Å². The average Bonchev–Trinajstić information content (AvgIpc) is 3.20. The lowest BCUT2D eigenvalue weighted by atomic mass is 10.1. The molecule has 8 nitrogen and oxygen atoms in total. The lowest BCUT2D eigenvalue weighted by Gasteiger charge is -2.10. The first kappa shape index (κ1) is 24.1. The van der Waals surface area contributed by atoms with E-state index in [-0.39, 0.29) is 5.91 Å². The number of aryl methyl sites for hydroxylation is 2. The van der Waals surface area contributed by atoms with Crippen molar-refractivity contribution in [3.63, 3.8) is 0 Å². The molecule has 5 aromatic rings. The Morgan fingerprint density at radius 1 is 0.865 bits per heavy atom. The summed E-state index contributed by atoms with van der Waals surface area (Å²) in [5.41, 5.74) is 11.7. The van der Waals surface area contributed by atoms with Gasteiger partial charge in [-0.1, -0.05) is 48.5 Å². The third-order valence-electron chi connectivity index (χ3n) is 6.43. The molecule has 0 saturated carbocycles. The van der Waals surface area contributed by atoms with E-state index in [1.165, 1.54) is 5.56 Å². The van der Waals surface area contributed by atoms with Gasteiger partial charge in [0.15, 0.2) is 17.1 Å². The minimum absolute atomic E-state index is 0.272. The summed E-state index contributed by atoms with van der Waals surface area (Å²) in [5, 5.41) is 3.01. The zero-order valence-electron chi connectivity index (χ0n) is 20.9. The number of amides is 1. The van der Waals surface area contributed by atoms with Crippen LogP contribution < -0.4 is 20.5 Å². The molecular formula is C29H29N5O3. The van der Waals surface area contributed by atoms with Crippen LogP contribution in [0.4, 0.5) is 5.82 Å². The zero-order valence-corrected chi connectivity index (χ0v) is 20.9. The predicted molar refractivity (Wildman–Crippen MR) is 145 cm³/mol. The van der Waals surface area contributed by atoms with E-state index in [0.717, 1.165) is 23.0 Å². The first-order valence-corrected chi connectivity index (χ1v) is 12.2. The second-order valence-electron chi connectivity index (χ2n) is 8.73. The number of anilines is 1. The number of methoxy groups -OCH3 is 2. The molecule has 188 valence electrons. The maximum atomic E-state index is 13.4. The second kappa shape index (κ2) is 10.6. The molecule has 0 aliphatic rings. The molecule has 1 amide bonds. The average molecular weight is 496 g/mol. The van der Waals surface area contributed by atoms with Crippen molar-refractivity contribution in [2.75, 3.05) is 26.5 Å². The number of nitrogens with two attached hydrogens (primary N) is 1. The van der Waals surface area contributed by atoms with E-state index < -0.39 is 0 Å². The largest absolute Gasteiger partial charge is 0.493 e. The summed E-state index contributed by atoms with van der Waals surface area (Å²) in [4.78, 5) is 23.0. The van der Waals surface area contributed by atoms with E-state index in [2.05, 4.69) is 17.4 Å². The molecule has 8 heteroatoms. The Bertz CT molecular complexity index is 1560. The highest BCUT2D eigenvalue weighted by atomic mass is 16.5. The number of rotatable bonds is 9. The number of benzene rings is 3. The Kier molecular flexibility index (Phi) is 6.89. The Morgan fingerprint density at radius 3 is 2.30 bits per heavy atom. The maximum Gasteiger partial charge on any atom is 0.257 e. The van der Waals surface area contributed by atoms with Crippen LogP contribution in [0, 0.1) is 0 Å². The van der Waals surface area contributed by atoms with Crippen molar-refractivity contribution in [1.82, 2.24) is 19.9 Å². The number of para-hydroxylation sites is 2. The van der Waals surface area contributed by atoms with Gasteiger partial charge < -0.3 is 25.1 Å². The van der Waals surface area contributed by atoms with E-state index in [1.807, 2.05) is 65.2 Å². The first-order chi connectivity index (χ1) is 18.1. The molecule has 2 heterocycles. The van der Waals surface area contributed by atoms with Crippen molar-refractivity contribution in [3.8, 4) is 11.5 Å². The molecule has 2 aromatic heterocycles. The van der Waals surface area contributed by atoms with Crippen LogP contribution in [0.3, 0.4) is 0 Å². The summed E-state index contributed by atoms with van der Waals surface area (Å²) in [7, 11) is 3.20. The first-order valence-electron chi connectivity index (χ1n) is 12.2. The van der Waals surface area contributed by atoms with Gasteiger partial charge in [0.05, 0.1) is 25.3 Å². The van der Waals surface area contributed by atoms with Crippen molar-refractivity contribution in [2.45, 2.75) is 19.4 Å². The number of ether oxygens (including phenoxy) is 2. The smallest absolute Gasteiger partial charge is 0.257 e. The topological polar surface area (TPSA) is 104 Å². The van der Waals surface area contributed by atoms with Crippen molar-refractivity contribution in [2.24, 2.45) is 0 Å². The molecule has 0 saturated heterocycles. The Balaban J connectivity index is 1.42. The van der Waals surface area contributed by atoms with E-state index in [0.29, 0.717) is 53.6 Å². The predicted octanol–water partition coefficient (Wildman–Crippen LogP) is 4.40. The molecule has 3 N–H and O–H groups in total. The van der Waals surface area contributed by atoms with Crippen LogP contribution in [-0.2, 0) is 19.4 Å². The van der Waals surface area contributed by atoms with Gasteiger partial charge in [-0.2, -0.15) is 0 Å². The minimum atomic E-state index is -0.272. The van der Waals surface area contributed by atoms with Gasteiger partial charge in [0.2, 0.25) is 0 Å². The van der Waals surface area contributed by atoms with E-state index in [4.69, 9.17) is 25.2 Å². The summed E-state index contributed by atoms with van der Waals surface area (Å²) < 4.78 is 12.6. The quantitative estimate of drug-likeness (QED) is 0.314. The summed E-state index contributed by atoms with van der Waals surface area (Å²) in [6.07, 6.45) is 1.37. The molecule has 5 rings (SSSR count). The lowest BCUT2D eigenvalue weighted by Crippen LogP contribution is -2.26. The Hall–Kier alpha value is -4.59. The van der Waals surface area contributed by atoms with E-state index in [9.17, 15) is 4.79 Å². The number of nitrogen functional groups attached to an aromatic ring is 1. The molecule has 0 radical (unpaired) electrons. The second-order valence-corrected chi connectivity index (χ2v) is 8.73. The molecule has 0 spiro atoms. The van der Waals surface area contributed by atoms with Crippen LogP contribution in [0.1, 0.15) is 21.5 Å². The van der Waals surface area contributed by atoms with Crippen LogP contribution in [0.2, 0.25) is 0 Å². The Labute approximate surface area is 215 Å². The molecule has 0 fully saturated rings. The van der Waals surface area contributed by atoms with Gasteiger partial charge in [-0.15, -0.1) is 0 Å². The highest BCUT2D eigenvalue weighted by Crippen LogP contribution is 2.29. The monoisotopic (exact) mass is 495 g/mol. The fourth-order valence-electron chi connectivity index (χ4n) is 4.50. The molecule has 0 unspecified atom stereocenters. The summed E-state index contributed by atoms with van der Waals surface area (Å²) in [5.74, 6) is 1.41. The summed E-state index contributed by atoms with van der Waals surface area (Å²) in [6, 6.07) is 23.5. The zero-order chi connectivity index (χ0) is 25.8. The van der Waals surface area contributed by atoms with Crippen LogP contribution >= 0.6 is 0 Å². The minimum Gasteiger partial charge on any atom is -0.493 e. The molecule has 0 aliphatic heterocycles. The van der Waals surface area contributed by atoms with Crippen molar-refractivity contribution in [3.05, 3.63) is 89.5 Å². The van der Waals surface area contributed by atoms with Gasteiger partial charge in [-0.25, -0.2) is 9.97 Å². The van der Waals surface area contributed by atoms with Gasteiger partial charge in [0.25, 0.3) is 5.91 Å². The van der Waals surface area contributed by atoms with Gasteiger partial charge >= 0.3 is 0 Å². The van der Waals surface area contributed by atoms with Crippen molar-refractivity contribution >= 4 is 33.9 Å². The number of aromatic nitrogens is 3. The third-order valence-corrected chi connectivity index (χ3v) is 6.43. The third kappa shape index (κ3) is 4.91. The van der Waals surface area contributed by atoms with Gasteiger partial charge in [-0.05, 0) is 48.2 Å². The van der Waals surface area contributed by atoms with Crippen LogP contribution in [-0.4, -0.2) is 41.2 Å². The molecule has 0 atom stereocenters.